The van der Waals surface area contributed by atoms with E-state index in [1.165, 1.54) is 11.3 Å². The third kappa shape index (κ3) is 3.68. The minimum Gasteiger partial charge on any atom is -0.382 e. The minimum absolute atomic E-state index is 0.180. The molecule has 0 radical (unpaired) electrons. The predicted molar refractivity (Wildman–Crippen MR) is 80.8 cm³/mol. The number of carbonyl (C=O) groups is 1. The van der Waals surface area contributed by atoms with Gasteiger partial charge in [0.2, 0.25) is 0 Å². The van der Waals surface area contributed by atoms with Crippen molar-refractivity contribution in [2.24, 2.45) is 0 Å². The molecule has 0 aromatic carbocycles. The summed E-state index contributed by atoms with van der Waals surface area (Å²) in [5, 5.41) is 8.64. The van der Waals surface area contributed by atoms with Gasteiger partial charge in [0.15, 0.2) is 5.13 Å². The van der Waals surface area contributed by atoms with Crippen LogP contribution in [0.4, 0.5) is 10.9 Å². The average Bonchev–Trinajstić information content (AvgIpc) is 2.95. The number of thiophene rings is 1. The van der Waals surface area contributed by atoms with E-state index < -0.39 is 0 Å². The number of aromatic nitrogens is 1. The van der Waals surface area contributed by atoms with Crippen LogP contribution in [0.5, 0.6) is 0 Å². The molecule has 0 aliphatic carbocycles. The molecule has 0 aliphatic rings. The van der Waals surface area contributed by atoms with Crippen LogP contribution in [0.1, 0.15) is 28.4 Å². The monoisotopic (exact) mass is 296 g/mol. The third-order valence-electron chi connectivity index (χ3n) is 2.28. The van der Waals surface area contributed by atoms with Crippen LogP contribution in [-0.4, -0.2) is 16.9 Å². The SMILES string of the molecule is CC(C)Nc1nc(N)c(C(=O)NCc2cccs2)s1. The van der Waals surface area contributed by atoms with Crippen LogP contribution in [0.2, 0.25) is 0 Å². The largest absolute Gasteiger partial charge is 0.382 e. The van der Waals surface area contributed by atoms with E-state index in [2.05, 4.69) is 15.6 Å². The molecule has 2 aromatic rings. The molecule has 2 rings (SSSR count). The summed E-state index contributed by atoms with van der Waals surface area (Å²) in [7, 11) is 0. The van der Waals surface area contributed by atoms with Crippen molar-refractivity contribution in [1.82, 2.24) is 10.3 Å². The van der Waals surface area contributed by atoms with Gasteiger partial charge < -0.3 is 16.4 Å². The van der Waals surface area contributed by atoms with Gasteiger partial charge in [-0.25, -0.2) is 4.98 Å². The lowest BCUT2D eigenvalue weighted by atomic mass is 10.4. The van der Waals surface area contributed by atoms with E-state index in [4.69, 9.17) is 5.73 Å². The predicted octanol–water partition coefficient (Wildman–Crippen LogP) is 2.54. The Morgan fingerprint density at radius 2 is 2.32 bits per heavy atom. The van der Waals surface area contributed by atoms with Gasteiger partial charge in [-0.05, 0) is 25.3 Å². The number of nitrogens with two attached hydrogens (primary N) is 1. The van der Waals surface area contributed by atoms with Gasteiger partial charge in [0.05, 0.1) is 6.54 Å². The van der Waals surface area contributed by atoms with E-state index in [1.807, 2.05) is 31.4 Å². The van der Waals surface area contributed by atoms with Gasteiger partial charge in [-0.3, -0.25) is 4.79 Å². The number of hydrogen-bond acceptors (Lipinski definition) is 6. The van der Waals surface area contributed by atoms with Crippen molar-refractivity contribution < 1.29 is 4.79 Å². The molecule has 2 heterocycles. The summed E-state index contributed by atoms with van der Waals surface area (Å²) in [4.78, 5) is 17.7. The van der Waals surface area contributed by atoms with Crippen LogP contribution in [0.3, 0.4) is 0 Å². The first-order chi connectivity index (χ1) is 9.06. The fourth-order valence-electron chi connectivity index (χ4n) is 1.46. The number of hydrogen-bond donors (Lipinski definition) is 3. The lowest BCUT2D eigenvalue weighted by molar-refractivity contribution is 0.0956. The van der Waals surface area contributed by atoms with Crippen LogP contribution < -0.4 is 16.4 Å². The molecule has 102 valence electrons. The molecule has 19 heavy (non-hydrogen) atoms. The molecular weight excluding hydrogens is 280 g/mol. The van der Waals surface area contributed by atoms with Gasteiger partial charge in [-0.1, -0.05) is 17.4 Å². The number of thiazole rings is 1. The second kappa shape index (κ2) is 6.03. The van der Waals surface area contributed by atoms with Crippen molar-refractivity contribution in [1.29, 1.82) is 0 Å². The van der Waals surface area contributed by atoms with Gasteiger partial charge >= 0.3 is 0 Å². The van der Waals surface area contributed by atoms with Crippen molar-refractivity contribution >= 4 is 39.5 Å². The number of amides is 1. The average molecular weight is 296 g/mol. The number of rotatable bonds is 5. The summed E-state index contributed by atoms with van der Waals surface area (Å²) in [6, 6.07) is 4.19. The van der Waals surface area contributed by atoms with Crippen molar-refractivity contribution in [3.05, 3.63) is 27.3 Å². The van der Waals surface area contributed by atoms with Crippen LogP contribution in [0, 0.1) is 0 Å². The highest BCUT2D eigenvalue weighted by atomic mass is 32.1. The first-order valence-corrected chi connectivity index (χ1v) is 7.59. The molecule has 5 nitrogen and oxygen atoms in total. The Bertz CT molecular complexity index is 548. The zero-order valence-corrected chi connectivity index (χ0v) is 12.4. The van der Waals surface area contributed by atoms with Crippen molar-refractivity contribution in [2.45, 2.75) is 26.4 Å². The van der Waals surface area contributed by atoms with Gasteiger partial charge in [0.1, 0.15) is 10.7 Å². The standard InChI is InChI=1S/C12H16N4OS2/c1-7(2)15-12-16-10(13)9(19-12)11(17)14-6-8-4-3-5-18-8/h3-5,7H,6,13H2,1-2H3,(H,14,17)(H,15,16). The van der Waals surface area contributed by atoms with E-state index in [1.54, 1.807) is 11.3 Å². The molecule has 0 atom stereocenters. The molecule has 4 N–H and O–H groups in total. The number of nitrogen functional groups attached to an aromatic ring is 1. The van der Waals surface area contributed by atoms with Crippen LogP contribution in [-0.2, 0) is 6.54 Å². The van der Waals surface area contributed by atoms with Crippen molar-refractivity contribution in [2.75, 3.05) is 11.1 Å². The molecule has 0 aliphatic heterocycles. The maximum Gasteiger partial charge on any atom is 0.265 e. The smallest absolute Gasteiger partial charge is 0.265 e. The lowest BCUT2D eigenvalue weighted by Crippen LogP contribution is -2.22. The minimum atomic E-state index is -0.180. The number of nitrogens with zero attached hydrogens (tertiary/aromatic N) is 1. The van der Waals surface area contributed by atoms with E-state index >= 15 is 0 Å². The summed E-state index contributed by atoms with van der Waals surface area (Å²) in [6.45, 7) is 4.53. The van der Waals surface area contributed by atoms with E-state index in [9.17, 15) is 4.79 Å². The first kappa shape index (κ1) is 13.8. The zero-order chi connectivity index (χ0) is 13.8. The Morgan fingerprint density at radius 1 is 1.53 bits per heavy atom. The fraction of sp³-hybridized carbons (Fsp3) is 0.333. The molecular formula is C12H16N4OS2. The molecule has 0 saturated carbocycles. The maximum atomic E-state index is 12.0. The van der Waals surface area contributed by atoms with Crippen molar-refractivity contribution in [3.63, 3.8) is 0 Å². The summed E-state index contributed by atoms with van der Waals surface area (Å²) in [5.74, 6) is 0.0945. The molecule has 1 amide bonds. The maximum absolute atomic E-state index is 12.0. The van der Waals surface area contributed by atoms with Gasteiger partial charge in [-0.2, -0.15) is 0 Å². The highest BCUT2D eigenvalue weighted by molar-refractivity contribution is 7.18. The quantitative estimate of drug-likeness (QED) is 0.792. The molecule has 2 aromatic heterocycles. The normalized spacial score (nSPS) is 10.7. The summed E-state index contributed by atoms with van der Waals surface area (Å²) in [6.07, 6.45) is 0. The van der Waals surface area contributed by atoms with E-state index in [-0.39, 0.29) is 17.8 Å². The Kier molecular flexibility index (Phi) is 4.39. The van der Waals surface area contributed by atoms with Crippen LogP contribution in [0.25, 0.3) is 0 Å². The molecule has 0 spiro atoms. The number of carbonyl (C=O) groups excluding carboxylic acids is 1. The van der Waals surface area contributed by atoms with E-state index in [0.29, 0.717) is 16.6 Å². The molecule has 0 unspecified atom stereocenters. The topological polar surface area (TPSA) is 80.0 Å². The highest BCUT2D eigenvalue weighted by Crippen LogP contribution is 2.25. The summed E-state index contributed by atoms with van der Waals surface area (Å²) < 4.78 is 0. The Balaban J connectivity index is 2.00. The summed E-state index contributed by atoms with van der Waals surface area (Å²) >= 11 is 2.88. The lowest BCUT2D eigenvalue weighted by Gasteiger charge is -2.04. The highest BCUT2D eigenvalue weighted by Gasteiger charge is 2.16. The number of anilines is 2. The zero-order valence-electron chi connectivity index (χ0n) is 10.8. The number of nitrogens with one attached hydrogen (secondary N) is 2. The third-order valence-corrected chi connectivity index (χ3v) is 4.15. The molecule has 0 saturated heterocycles. The Morgan fingerprint density at radius 3 is 2.95 bits per heavy atom. The Labute approximate surface area is 119 Å². The van der Waals surface area contributed by atoms with Gasteiger partial charge in [0.25, 0.3) is 5.91 Å². The fourth-order valence-corrected chi connectivity index (χ4v) is 3.06. The molecule has 0 bridgehead atoms. The van der Waals surface area contributed by atoms with Gasteiger partial charge in [-0.15, -0.1) is 11.3 Å². The second-order valence-corrected chi connectivity index (χ2v) is 6.33. The van der Waals surface area contributed by atoms with Crippen molar-refractivity contribution in [3.8, 4) is 0 Å². The van der Waals surface area contributed by atoms with Gasteiger partial charge in [0, 0.05) is 10.9 Å². The second-order valence-electron chi connectivity index (χ2n) is 4.29. The first-order valence-electron chi connectivity index (χ1n) is 5.89. The summed E-state index contributed by atoms with van der Waals surface area (Å²) in [5.41, 5.74) is 5.77. The van der Waals surface area contributed by atoms with Crippen LogP contribution >= 0.6 is 22.7 Å². The van der Waals surface area contributed by atoms with E-state index in [0.717, 1.165) is 4.88 Å². The van der Waals surface area contributed by atoms with Crippen LogP contribution in [0.15, 0.2) is 17.5 Å². The molecule has 0 fully saturated rings. The Hall–Kier alpha value is -1.60. The molecule has 7 heteroatoms.